The number of ether oxygens (including phenoxy) is 1. The Hall–Kier alpha value is -0.980. The third-order valence-electron chi connectivity index (χ3n) is 3.22. The third-order valence-corrected chi connectivity index (χ3v) is 4.54. The molecule has 2 rings (SSSR count). The second-order valence-electron chi connectivity index (χ2n) is 5.15. The lowest BCUT2D eigenvalue weighted by atomic mass is 10.0. The molecule has 0 radical (unpaired) electrons. The van der Waals surface area contributed by atoms with Crippen molar-refractivity contribution in [2.24, 2.45) is 0 Å². The molecule has 0 spiro atoms. The highest BCUT2D eigenvalue weighted by Gasteiger charge is 2.33. The van der Waals surface area contributed by atoms with Gasteiger partial charge in [-0.25, -0.2) is 4.98 Å². The van der Waals surface area contributed by atoms with Crippen LogP contribution < -0.4 is 10.6 Å². The van der Waals surface area contributed by atoms with Crippen LogP contribution in [-0.4, -0.2) is 36.2 Å². The molecule has 5 nitrogen and oxygen atoms in total. The maximum Gasteiger partial charge on any atom is 0.246 e. The van der Waals surface area contributed by atoms with Crippen LogP contribution in [0.15, 0.2) is 6.20 Å². The van der Waals surface area contributed by atoms with Gasteiger partial charge in [-0.15, -0.1) is 11.3 Å². The molecule has 19 heavy (non-hydrogen) atoms. The van der Waals surface area contributed by atoms with Crippen LogP contribution in [-0.2, 0) is 16.0 Å². The van der Waals surface area contributed by atoms with Gasteiger partial charge in [0.1, 0.15) is 11.6 Å². The molecule has 106 valence electrons. The van der Waals surface area contributed by atoms with Crippen molar-refractivity contribution in [3.63, 3.8) is 0 Å². The minimum atomic E-state index is -0.183. The summed E-state index contributed by atoms with van der Waals surface area (Å²) in [6.07, 6.45) is 2.85. The second-order valence-corrected chi connectivity index (χ2v) is 6.30. The zero-order valence-electron chi connectivity index (χ0n) is 11.7. The Bertz CT molecular complexity index is 443. The molecule has 1 aromatic heterocycles. The van der Waals surface area contributed by atoms with Gasteiger partial charge in [-0.2, -0.15) is 0 Å². The Morgan fingerprint density at radius 3 is 2.95 bits per heavy atom. The first-order valence-corrected chi connectivity index (χ1v) is 7.43. The largest absolute Gasteiger partial charge is 0.363 e. The lowest BCUT2D eigenvalue weighted by Gasteiger charge is -2.38. The number of aryl methyl sites for hydroxylation is 1. The molecule has 0 aromatic carbocycles. The number of nitrogens with zero attached hydrogens (tertiary/aromatic N) is 1. The van der Waals surface area contributed by atoms with Crippen molar-refractivity contribution in [3.8, 4) is 0 Å². The van der Waals surface area contributed by atoms with Gasteiger partial charge in [0.25, 0.3) is 0 Å². The molecule has 1 atom stereocenters. The van der Waals surface area contributed by atoms with E-state index in [2.05, 4.69) is 22.5 Å². The quantitative estimate of drug-likeness (QED) is 0.825. The van der Waals surface area contributed by atoms with Gasteiger partial charge in [0, 0.05) is 24.2 Å². The number of hydrogen-bond donors (Lipinski definition) is 2. The normalized spacial score (nSPS) is 18.7. The van der Waals surface area contributed by atoms with Gasteiger partial charge in [-0.1, -0.05) is 6.92 Å². The second kappa shape index (κ2) is 5.98. The van der Waals surface area contributed by atoms with Gasteiger partial charge in [0.15, 0.2) is 0 Å². The van der Waals surface area contributed by atoms with Crippen LogP contribution in [0, 0.1) is 0 Å². The standard InChI is InChI=1S/C13H21N3O2S/c1-4-10-5-15-12(19-10)9(2)16-11(17)6-18-13(3)7-14-8-13/h5,9,14H,4,6-8H2,1-3H3,(H,16,17). The molecular formula is C13H21N3O2S. The Morgan fingerprint density at radius 2 is 2.42 bits per heavy atom. The predicted molar refractivity (Wildman–Crippen MR) is 75.3 cm³/mol. The van der Waals surface area contributed by atoms with E-state index >= 15 is 0 Å². The summed E-state index contributed by atoms with van der Waals surface area (Å²) in [5, 5.41) is 7.00. The lowest BCUT2D eigenvalue weighted by molar-refractivity contribution is -0.136. The van der Waals surface area contributed by atoms with E-state index < -0.39 is 0 Å². The van der Waals surface area contributed by atoms with E-state index in [4.69, 9.17) is 4.74 Å². The molecule has 2 heterocycles. The van der Waals surface area contributed by atoms with Crippen molar-refractivity contribution in [1.29, 1.82) is 0 Å². The van der Waals surface area contributed by atoms with E-state index in [1.165, 1.54) is 4.88 Å². The van der Waals surface area contributed by atoms with Crippen molar-refractivity contribution in [1.82, 2.24) is 15.6 Å². The topological polar surface area (TPSA) is 63.2 Å². The van der Waals surface area contributed by atoms with Gasteiger partial charge < -0.3 is 15.4 Å². The minimum Gasteiger partial charge on any atom is -0.363 e. The van der Waals surface area contributed by atoms with Gasteiger partial charge in [-0.3, -0.25) is 4.79 Å². The molecule has 1 unspecified atom stereocenters. The number of amides is 1. The molecule has 1 aliphatic rings. The number of nitrogens with one attached hydrogen (secondary N) is 2. The van der Waals surface area contributed by atoms with Crippen LogP contribution in [0.4, 0.5) is 0 Å². The van der Waals surface area contributed by atoms with Gasteiger partial charge >= 0.3 is 0 Å². The first-order valence-electron chi connectivity index (χ1n) is 6.61. The SMILES string of the molecule is CCc1cnc(C(C)NC(=O)COC2(C)CNC2)s1. The van der Waals surface area contributed by atoms with Gasteiger partial charge in [0.2, 0.25) is 5.91 Å². The van der Waals surface area contributed by atoms with Crippen molar-refractivity contribution >= 4 is 17.2 Å². The monoisotopic (exact) mass is 283 g/mol. The molecule has 1 saturated heterocycles. The van der Waals surface area contributed by atoms with E-state index in [0.29, 0.717) is 0 Å². The third kappa shape index (κ3) is 3.75. The van der Waals surface area contributed by atoms with Crippen LogP contribution in [0.25, 0.3) is 0 Å². The van der Waals surface area contributed by atoms with Crippen LogP contribution in [0.5, 0.6) is 0 Å². The molecular weight excluding hydrogens is 262 g/mol. The van der Waals surface area contributed by atoms with E-state index in [1.807, 2.05) is 20.0 Å². The number of thiazole rings is 1. The summed E-state index contributed by atoms with van der Waals surface area (Å²) < 4.78 is 5.60. The van der Waals surface area contributed by atoms with Crippen LogP contribution in [0.3, 0.4) is 0 Å². The fourth-order valence-electron chi connectivity index (χ4n) is 1.85. The Morgan fingerprint density at radius 1 is 1.68 bits per heavy atom. The Kier molecular flexibility index (Phi) is 4.54. The van der Waals surface area contributed by atoms with E-state index in [0.717, 1.165) is 24.5 Å². The van der Waals surface area contributed by atoms with Crippen molar-refractivity contribution in [3.05, 3.63) is 16.1 Å². The molecule has 1 amide bonds. The van der Waals surface area contributed by atoms with E-state index in [1.54, 1.807) is 11.3 Å². The average Bonchev–Trinajstić information content (AvgIpc) is 2.82. The first kappa shape index (κ1) is 14.4. The number of hydrogen-bond acceptors (Lipinski definition) is 5. The molecule has 2 N–H and O–H groups in total. The van der Waals surface area contributed by atoms with Crippen LogP contribution in [0.2, 0.25) is 0 Å². The van der Waals surface area contributed by atoms with Crippen molar-refractivity contribution < 1.29 is 9.53 Å². The molecule has 0 saturated carbocycles. The summed E-state index contributed by atoms with van der Waals surface area (Å²) in [6, 6.07) is -0.0614. The average molecular weight is 283 g/mol. The number of carbonyl (C=O) groups excluding carboxylic acids is 1. The van der Waals surface area contributed by atoms with Gasteiger partial charge in [0.05, 0.1) is 11.6 Å². The summed E-state index contributed by atoms with van der Waals surface area (Å²) in [5.74, 6) is -0.0890. The Balaban J connectivity index is 1.77. The number of aromatic nitrogens is 1. The van der Waals surface area contributed by atoms with Crippen LogP contribution in [0.1, 0.15) is 36.7 Å². The zero-order valence-corrected chi connectivity index (χ0v) is 12.5. The highest BCUT2D eigenvalue weighted by atomic mass is 32.1. The summed E-state index contributed by atoms with van der Waals surface area (Å²) in [7, 11) is 0. The molecule has 0 bridgehead atoms. The Labute approximate surface area is 117 Å². The highest BCUT2D eigenvalue weighted by Crippen LogP contribution is 2.20. The summed E-state index contributed by atoms with van der Waals surface area (Å²) in [4.78, 5) is 17.4. The molecule has 0 aliphatic carbocycles. The summed E-state index contributed by atoms with van der Waals surface area (Å²) in [6.45, 7) is 7.78. The smallest absolute Gasteiger partial charge is 0.246 e. The fourth-order valence-corrected chi connectivity index (χ4v) is 2.71. The van der Waals surface area contributed by atoms with Gasteiger partial charge in [-0.05, 0) is 20.3 Å². The minimum absolute atomic E-state index is 0.0614. The molecule has 1 aromatic rings. The number of carbonyl (C=O) groups is 1. The fraction of sp³-hybridized carbons (Fsp3) is 0.692. The van der Waals surface area contributed by atoms with E-state index in [-0.39, 0.29) is 24.2 Å². The molecule has 1 aliphatic heterocycles. The number of rotatable bonds is 6. The van der Waals surface area contributed by atoms with Crippen molar-refractivity contribution in [2.75, 3.05) is 19.7 Å². The van der Waals surface area contributed by atoms with Crippen molar-refractivity contribution in [2.45, 2.75) is 38.8 Å². The maximum atomic E-state index is 11.8. The maximum absolute atomic E-state index is 11.8. The van der Waals surface area contributed by atoms with Crippen LogP contribution >= 0.6 is 11.3 Å². The summed E-state index contributed by atoms with van der Waals surface area (Å²) >= 11 is 1.65. The highest BCUT2D eigenvalue weighted by molar-refractivity contribution is 7.11. The lowest BCUT2D eigenvalue weighted by Crippen LogP contribution is -2.59. The zero-order chi connectivity index (χ0) is 13.9. The molecule has 1 fully saturated rings. The predicted octanol–water partition coefficient (Wildman–Crippen LogP) is 1.26. The summed E-state index contributed by atoms with van der Waals surface area (Å²) in [5.41, 5.74) is -0.183. The first-order chi connectivity index (χ1) is 9.02. The van der Waals surface area contributed by atoms with E-state index in [9.17, 15) is 4.79 Å². The molecule has 6 heteroatoms.